The van der Waals surface area contributed by atoms with E-state index in [2.05, 4.69) is 25.3 Å². The number of nitrogens with one attached hydrogen (secondary N) is 2. The van der Waals surface area contributed by atoms with E-state index in [1.165, 1.54) is 13.2 Å². The van der Waals surface area contributed by atoms with Crippen LogP contribution in [0.2, 0.25) is 5.02 Å². The predicted molar refractivity (Wildman–Crippen MR) is 133 cm³/mol. The van der Waals surface area contributed by atoms with E-state index in [4.69, 9.17) is 36.1 Å². The maximum Gasteiger partial charge on any atom is 0.490 e. The third kappa shape index (κ3) is 7.03. The van der Waals surface area contributed by atoms with Crippen molar-refractivity contribution in [2.45, 2.75) is 12.4 Å². The number of hydrogen-bond donors (Lipinski definition) is 4. The van der Waals surface area contributed by atoms with Crippen LogP contribution in [0.3, 0.4) is 0 Å². The van der Waals surface area contributed by atoms with Gasteiger partial charge in [-0.05, 0) is 30.3 Å². The van der Waals surface area contributed by atoms with Gasteiger partial charge < -0.3 is 25.3 Å². The summed E-state index contributed by atoms with van der Waals surface area (Å²) in [5, 5.41) is 17.8. The Bertz CT molecular complexity index is 1540. The van der Waals surface area contributed by atoms with Crippen molar-refractivity contribution in [3.8, 4) is 39.7 Å². The molecule has 10 nitrogen and oxygen atoms in total. The van der Waals surface area contributed by atoms with Crippen LogP contribution in [0.5, 0.6) is 5.75 Å². The molecule has 18 heteroatoms. The lowest BCUT2D eigenvalue weighted by Crippen LogP contribution is -2.21. The topological polar surface area (TPSA) is 150 Å². The van der Waals surface area contributed by atoms with Gasteiger partial charge in [-0.25, -0.2) is 23.9 Å². The van der Waals surface area contributed by atoms with Gasteiger partial charge in [0.1, 0.15) is 17.3 Å². The third-order valence-corrected chi connectivity index (χ3v) is 5.42. The van der Waals surface area contributed by atoms with Gasteiger partial charge in [-0.2, -0.15) is 26.3 Å². The highest BCUT2D eigenvalue weighted by atomic mass is 35.5. The fourth-order valence-electron chi connectivity index (χ4n) is 3.33. The Hall–Kier alpha value is -4.93. The molecule has 0 radical (unpaired) electrons. The van der Waals surface area contributed by atoms with Gasteiger partial charge in [0.25, 0.3) is 0 Å². The van der Waals surface area contributed by atoms with Gasteiger partial charge in [0, 0.05) is 23.5 Å². The largest absolute Gasteiger partial charge is 0.494 e. The molecule has 222 valence electrons. The first-order valence-electron chi connectivity index (χ1n) is 11.0. The number of carboxylic acids is 2. The highest BCUT2D eigenvalue weighted by Gasteiger charge is 2.39. The average Bonchev–Trinajstić information content (AvgIpc) is 3.28. The average molecular weight is 622 g/mol. The SMILES string of the molecule is COc1ccc(Cl)c(-c2nc3c([nH]2)-c2ccncc2Nc2ncccc2-3)c1F.O=C(O)C(F)(F)F.O=C(O)C(F)(F)F. The molecule has 0 amide bonds. The molecule has 0 saturated heterocycles. The minimum Gasteiger partial charge on any atom is -0.494 e. The molecule has 0 saturated carbocycles. The molecular weight excluding hydrogens is 607 g/mol. The van der Waals surface area contributed by atoms with Crippen molar-refractivity contribution in [2.75, 3.05) is 12.4 Å². The smallest absolute Gasteiger partial charge is 0.490 e. The molecule has 4 aromatic rings. The van der Waals surface area contributed by atoms with Crippen LogP contribution in [0.1, 0.15) is 0 Å². The molecule has 1 aliphatic heterocycles. The van der Waals surface area contributed by atoms with E-state index in [1.54, 1.807) is 24.7 Å². The fourth-order valence-corrected chi connectivity index (χ4v) is 3.56. The zero-order chi connectivity index (χ0) is 31.4. The molecule has 1 aliphatic rings. The molecule has 5 rings (SSSR count). The zero-order valence-electron chi connectivity index (χ0n) is 20.6. The molecule has 0 atom stereocenters. The van der Waals surface area contributed by atoms with Crippen LogP contribution in [0.25, 0.3) is 33.9 Å². The number of pyridine rings is 2. The van der Waals surface area contributed by atoms with E-state index in [9.17, 15) is 30.7 Å². The molecule has 0 unspecified atom stereocenters. The number of hydrogen-bond acceptors (Lipinski definition) is 7. The van der Waals surface area contributed by atoms with E-state index < -0.39 is 30.1 Å². The standard InChI is InChI=1S/C20H13ClFN5O.2C2HF3O2/c1-28-14-5-4-12(21)15(16(14)22)20-26-17-10-6-8-23-9-13(10)25-19-11(18(17)27-20)3-2-7-24-19;2*3-2(4,5)1(6)7/h2-9H,1H3,(H,24,25)(H,26,27);2*(H,6,7). The summed E-state index contributed by atoms with van der Waals surface area (Å²) in [6, 6.07) is 8.66. The molecular formula is C24H15ClF7N5O5. The molecule has 0 spiro atoms. The van der Waals surface area contributed by atoms with Crippen molar-refractivity contribution in [1.29, 1.82) is 0 Å². The summed E-state index contributed by atoms with van der Waals surface area (Å²) < 4.78 is 83.5. The van der Waals surface area contributed by atoms with Gasteiger partial charge in [0.05, 0.1) is 35.3 Å². The normalized spacial score (nSPS) is 11.5. The second kappa shape index (κ2) is 12.3. The van der Waals surface area contributed by atoms with E-state index in [1.807, 2.05) is 18.2 Å². The number of ether oxygens (including phenoxy) is 1. The molecule has 0 bridgehead atoms. The van der Waals surface area contributed by atoms with Crippen LogP contribution in [-0.4, -0.2) is 61.5 Å². The summed E-state index contributed by atoms with van der Waals surface area (Å²) in [4.78, 5) is 34.3. The van der Waals surface area contributed by atoms with Crippen LogP contribution in [0.15, 0.2) is 48.9 Å². The number of rotatable bonds is 2. The number of H-pyrrole nitrogens is 1. The van der Waals surface area contributed by atoms with Gasteiger partial charge in [-0.15, -0.1) is 0 Å². The first-order valence-corrected chi connectivity index (χ1v) is 11.3. The van der Waals surface area contributed by atoms with Crippen LogP contribution in [0, 0.1) is 5.82 Å². The van der Waals surface area contributed by atoms with Crippen molar-refractivity contribution >= 4 is 35.0 Å². The first-order chi connectivity index (χ1) is 19.6. The van der Waals surface area contributed by atoms with Gasteiger partial charge in [0.2, 0.25) is 0 Å². The zero-order valence-corrected chi connectivity index (χ0v) is 21.4. The molecule has 4 heterocycles. The summed E-state index contributed by atoms with van der Waals surface area (Å²) >= 11 is 6.30. The quantitative estimate of drug-likeness (QED) is 0.166. The summed E-state index contributed by atoms with van der Waals surface area (Å²) in [5.74, 6) is -5.03. The van der Waals surface area contributed by atoms with Crippen molar-refractivity contribution < 1.29 is 55.3 Å². The van der Waals surface area contributed by atoms with Crippen LogP contribution in [-0.2, 0) is 9.59 Å². The van der Waals surface area contributed by atoms with Crippen LogP contribution < -0.4 is 10.1 Å². The number of aromatic amines is 1. The predicted octanol–water partition coefficient (Wildman–Crippen LogP) is 6.33. The lowest BCUT2D eigenvalue weighted by atomic mass is 10.1. The van der Waals surface area contributed by atoms with Crippen molar-refractivity contribution in [2.24, 2.45) is 0 Å². The van der Waals surface area contributed by atoms with Gasteiger partial charge in [-0.1, -0.05) is 11.6 Å². The van der Waals surface area contributed by atoms with E-state index in [0.717, 1.165) is 22.5 Å². The highest BCUT2D eigenvalue weighted by Crippen LogP contribution is 2.44. The number of alkyl halides is 6. The first kappa shape index (κ1) is 31.6. The summed E-state index contributed by atoms with van der Waals surface area (Å²) in [6.45, 7) is 0. The molecule has 0 aliphatic carbocycles. The Labute approximate surface area is 234 Å². The number of carboxylic acid groups (broad SMARTS) is 2. The highest BCUT2D eigenvalue weighted by molar-refractivity contribution is 6.33. The lowest BCUT2D eigenvalue weighted by Gasteiger charge is -2.09. The van der Waals surface area contributed by atoms with E-state index in [-0.39, 0.29) is 16.3 Å². The Morgan fingerprint density at radius 2 is 1.57 bits per heavy atom. The van der Waals surface area contributed by atoms with Gasteiger partial charge >= 0.3 is 24.3 Å². The van der Waals surface area contributed by atoms with Crippen LogP contribution >= 0.6 is 11.6 Å². The minimum absolute atomic E-state index is 0.0966. The summed E-state index contributed by atoms with van der Waals surface area (Å²) in [5.41, 5.74) is 3.94. The van der Waals surface area contributed by atoms with Gasteiger partial charge in [-0.3, -0.25) is 4.98 Å². The fraction of sp³-hybridized carbons (Fsp3) is 0.125. The third-order valence-electron chi connectivity index (χ3n) is 5.11. The maximum atomic E-state index is 15.0. The number of benzene rings is 1. The Morgan fingerprint density at radius 1 is 0.952 bits per heavy atom. The number of methoxy groups -OCH3 is 1. The monoisotopic (exact) mass is 621 g/mol. The second-order valence-corrected chi connectivity index (χ2v) is 8.21. The van der Waals surface area contributed by atoms with E-state index in [0.29, 0.717) is 17.3 Å². The summed E-state index contributed by atoms with van der Waals surface area (Å²) in [6.07, 6.45) is -5.07. The van der Waals surface area contributed by atoms with E-state index >= 15 is 0 Å². The van der Waals surface area contributed by atoms with Crippen molar-refractivity contribution in [3.63, 3.8) is 0 Å². The minimum atomic E-state index is -5.08. The second-order valence-electron chi connectivity index (χ2n) is 7.80. The Kier molecular flexibility index (Phi) is 9.25. The lowest BCUT2D eigenvalue weighted by molar-refractivity contribution is -0.193. The molecule has 4 N–H and O–H groups in total. The van der Waals surface area contributed by atoms with Crippen LogP contribution in [0.4, 0.5) is 42.2 Å². The number of nitrogens with zero attached hydrogens (tertiary/aromatic N) is 3. The summed E-state index contributed by atoms with van der Waals surface area (Å²) in [7, 11) is 1.41. The molecule has 42 heavy (non-hydrogen) atoms. The molecule has 0 fully saturated rings. The van der Waals surface area contributed by atoms with Crippen molar-refractivity contribution in [1.82, 2.24) is 19.9 Å². The number of aliphatic carboxylic acids is 2. The molecule has 3 aromatic heterocycles. The number of aromatic nitrogens is 4. The molecule has 1 aromatic carbocycles. The number of halogens is 8. The number of imidazole rings is 1. The number of anilines is 2. The number of carbonyl (C=O) groups is 2. The maximum absolute atomic E-state index is 15.0. The van der Waals surface area contributed by atoms with Gasteiger partial charge in [0.15, 0.2) is 11.6 Å². The van der Waals surface area contributed by atoms with Crippen molar-refractivity contribution in [3.05, 3.63) is 59.8 Å². The Morgan fingerprint density at radius 3 is 2.14 bits per heavy atom. The Balaban J connectivity index is 0.000000289. The number of fused-ring (bicyclic) bond motifs is 5.